The van der Waals surface area contributed by atoms with Gasteiger partial charge in [-0.3, -0.25) is 9.59 Å². The highest BCUT2D eigenvalue weighted by molar-refractivity contribution is 5.75. The van der Waals surface area contributed by atoms with Gasteiger partial charge < -0.3 is 9.47 Å². The number of ether oxygens (including phenoxy) is 2. The van der Waals surface area contributed by atoms with E-state index in [1.807, 2.05) is 6.92 Å². The molecule has 152 valence electrons. The predicted octanol–water partition coefficient (Wildman–Crippen LogP) is 5.82. The number of unbranched alkanes of at least 4 members (excludes halogenated alkanes) is 8. The lowest BCUT2D eigenvalue weighted by Gasteiger charge is -2.25. The van der Waals surface area contributed by atoms with E-state index in [-0.39, 0.29) is 23.8 Å². The van der Waals surface area contributed by atoms with Gasteiger partial charge in [0, 0.05) is 0 Å². The molecule has 0 aliphatic heterocycles. The molecule has 0 aromatic heterocycles. The minimum Gasteiger partial charge on any atom is -0.465 e. The molecule has 0 N–H and O–H groups in total. The molecular formula is C22H40O4. The highest BCUT2D eigenvalue weighted by Crippen LogP contribution is 2.30. The lowest BCUT2D eigenvalue weighted by atomic mass is 9.82. The van der Waals surface area contributed by atoms with Gasteiger partial charge in [-0.2, -0.15) is 0 Å². The molecule has 0 saturated heterocycles. The smallest absolute Gasteiger partial charge is 0.308 e. The number of hydrogen-bond donors (Lipinski definition) is 0. The first kappa shape index (κ1) is 23.0. The van der Waals surface area contributed by atoms with Gasteiger partial charge in [-0.25, -0.2) is 0 Å². The van der Waals surface area contributed by atoms with Crippen molar-refractivity contribution in [1.82, 2.24) is 0 Å². The number of rotatable bonds is 14. The van der Waals surface area contributed by atoms with E-state index >= 15 is 0 Å². The van der Waals surface area contributed by atoms with E-state index in [2.05, 4.69) is 6.92 Å². The van der Waals surface area contributed by atoms with Gasteiger partial charge in [0.15, 0.2) is 0 Å². The van der Waals surface area contributed by atoms with Crippen LogP contribution in [-0.2, 0) is 19.1 Å². The zero-order valence-electron chi connectivity index (χ0n) is 17.1. The summed E-state index contributed by atoms with van der Waals surface area (Å²) in [5.74, 6) is -0.204. The second-order valence-corrected chi connectivity index (χ2v) is 7.71. The molecule has 1 aliphatic carbocycles. The van der Waals surface area contributed by atoms with E-state index in [1.165, 1.54) is 44.9 Å². The van der Waals surface area contributed by atoms with Crippen molar-refractivity contribution >= 4 is 11.9 Å². The van der Waals surface area contributed by atoms with Gasteiger partial charge in [-0.1, -0.05) is 65.2 Å². The summed E-state index contributed by atoms with van der Waals surface area (Å²) in [6.45, 7) is 5.29. The summed E-state index contributed by atoms with van der Waals surface area (Å²) >= 11 is 0. The standard InChI is InChI=1S/C22H40O4/c1-3-5-6-7-8-9-10-11-12-18-26-22(24)20-15-13-19(14-16-20)21(23)25-17-4-2/h19-20H,3-18H2,1-2H3. The van der Waals surface area contributed by atoms with Crippen LogP contribution in [0.4, 0.5) is 0 Å². The van der Waals surface area contributed by atoms with Crippen LogP contribution in [0, 0.1) is 11.8 Å². The molecule has 0 unspecified atom stereocenters. The van der Waals surface area contributed by atoms with Crippen LogP contribution in [0.5, 0.6) is 0 Å². The Bertz CT molecular complexity index is 372. The fourth-order valence-electron chi connectivity index (χ4n) is 3.59. The molecule has 0 spiro atoms. The highest BCUT2D eigenvalue weighted by atomic mass is 16.5. The zero-order chi connectivity index (χ0) is 19.0. The average Bonchev–Trinajstić information content (AvgIpc) is 2.67. The monoisotopic (exact) mass is 368 g/mol. The molecule has 0 aromatic carbocycles. The number of esters is 2. The maximum absolute atomic E-state index is 12.1. The first-order chi connectivity index (χ1) is 12.7. The van der Waals surface area contributed by atoms with Gasteiger partial charge in [0.1, 0.15) is 0 Å². The van der Waals surface area contributed by atoms with E-state index in [9.17, 15) is 9.59 Å². The van der Waals surface area contributed by atoms with Crippen LogP contribution in [0.3, 0.4) is 0 Å². The van der Waals surface area contributed by atoms with Crippen LogP contribution in [0.1, 0.15) is 104 Å². The molecule has 26 heavy (non-hydrogen) atoms. The van der Waals surface area contributed by atoms with Gasteiger partial charge >= 0.3 is 11.9 Å². The topological polar surface area (TPSA) is 52.6 Å². The quantitative estimate of drug-likeness (QED) is 0.286. The van der Waals surface area contributed by atoms with E-state index in [1.54, 1.807) is 0 Å². The van der Waals surface area contributed by atoms with Crippen LogP contribution in [0.25, 0.3) is 0 Å². The van der Waals surface area contributed by atoms with Crippen molar-refractivity contribution < 1.29 is 19.1 Å². The highest BCUT2D eigenvalue weighted by Gasteiger charge is 2.31. The van der Waals surface area contributed by atoms with Crippen molar-refractivity contribution in [2.45, 2.75) is 104 Å². The number of hydrogen-bond acceptors (Lipinski definition) is 4. The Balaban J connectivity index is 1.99. The Hall–Kier alpha value is -1.06. The second-order valence-electron chi connectivity index (χ2n) is 7.71. The molecule has 1 saturated carbocycles. The minimum atomic E-state index is -0.0895. The third kappa shape index (κ3) is 10.2. The zero-order valence-corrected chi connectivity index (χ0v) is 17.1. The normalized spacial score (nSPS) is 19.9. The second kappa shape index (κ2) is 15.0. The minimum absolute atomic E-state index is 0.0243. The molecule has 0 aromatic rings. The van der Waals surface area contributed by atoms with Crippen molar-refractivity contribution in [3.05, 3.63) is 0 Å². The molecule has 4 nitrogen and oxygen atoms in total. The van der Waals surface area contributed by atoms with Crippen molar-refractivity contribution in [1.29, 1.82) is 0 Å². The molecule has 4 heteroatoms. The van der Waals surface area contributed by atoms with Crippen molar-refractivity contribution in [3.8, 4) is 0 Å². The largest absolute Gasteiger partial charge is 0.465 e. The molecule has 0 bridgehead atoms. The summed E-state index contributed by atoms with van der Waals surface area (Å²) < 4.78 is 10.7. The Kier molecular flexibility index (Phi) is 13.3. The third-order valence-corrected chi connectivity index (χ3v) is 5.33. The van der Waals surface area contributed by atoms with Crippen LogP contribution in [-0.4, -0.2) is 25.2 Å². The van der Waals surface area contributed by atoms with E-state index < -0.39 is 0 Å². The Labute approximate surface area is 160 Å². The van der Waals surface area contributed by atoms with Crippen LogP contribution in [0.2, 0.25) is 0 Å². The fraction of sp³-hybridized carbons (Fsp3) is 0.909. The summed E-state index contributed by atoms with van der Waals surface area (Å²) in [5, 5.41) is 0. The summed E-state index contributed by atoms with van der Waals surface area (Å²) in [6.07, 6.45) is 15.3. The molecule has 1 rings (SSSR count). The summed E-state index contributed by atoms with van der Waals surface area (Å²) in [5.41, 5.74) is 0. The first-order valence-corrected chi connectivity index (χ1v) is 11.0. The Morgan fingerprint density at radius 2 is 1.04 bits per heavy atom. The summed E-state index contributed by atoms with van der Waals surface area (Å²) in [7, 11) is 0. The van der Waals surface area contributed by atoms with Crippen LogP contribution >= 0.6 is 0 Å². The number of carbonyl (C=O) groups is 2. The average molecular weight is 369 g/mol. The maximum atomic E-state index is 12.1. The molecular weight excluding hydrogens is 328 g/mol. The molecule has 1 fully saturated rings. The SMILES string of the molecule is CCCCCCCCCCCOC(=O)C1CCC(C(=O)OCCC)CC1. The molecule has 0 radical (unpaired) electrons. The third-order valence-electron chi connectivity index (χ3n) is 5.33. The summed E-state index contributed by atoms with van der Waals surface area (Å²) in [4.78, 5) is 24.0. The van der Waals surface area contributed by atoms with Crippen molar-refractivity contribution in [2.75, 3.05) is 13.2 Å². The van der Waals surface area contributed by atoms with Gasteiger partial charge in [0.05, 0.1) is 25.0 Å². The van der Waals surface area contributed by atoms with E-state index in [4.69, 9.17) is 9.47 Å². The van der Waals surface area contributed by atoms with Crippen molar-refractivity contribution in [2.24, 2.45) is 11.8 Å². The lowest BCUT2D eigenvalue weighted by Crippen LogP contribution is -2.28. The van der Waals surface area contributed by atoms with E-state index in [0.717, 1.165) is 44.9 Å². The van der Waals surface area contributed by atoms with Gasteiger partial charge in [0.25, 0.3) is 0 Å². The lowest BCUT2D eigenvalue weighted by molar-refractivity contribution is -0.155. The molecule has 0 heterocycles. The number of carbonyl (C=O) groups excluding carboxylic acids is 2. The Morgan fingerprint density at radius 3 is 1.50 bits per heavy atom. The fourth-order valence-corrected chi connectivity index (χ4v) is 3.59. The molecule has 1 aliphatic rings. The van der Waals surface area contributed by atoms with Gasteiger partial charge in [-0.05, 0) is 38.5 Å². The van der Waals surface area contributed by atoms with Crippen LogP contribution in [0.15, 0.2) is 0 Å². The molecule has 0 atom stereocenters. The van der Waals surface area contributed by atoms with Gasteiger partial charge in [0.2, 0.25) is 0 Å². The van der Waals surface area contributed by atoms with Crippen molar-refractivity contribution in [3.63, 3.8) is 0 Å². The summed E-state index contributed by atoms with van der Waals surface area (Å²) in [6, 6.07) is 0. The predicted molar refractivity (Wildman–Crippen MR) is 105 cm³/mol. The maximum Gasteiger partial charge on any atom is 0.308 e. The first-order valence-electron chi connectivity index (χ1n) is 11.0. The van der Waals surface area contributed by atoms with Gasteiger partial charge in [-0.15, -0.1) is 0 Å². The van der Waals surface area contributed by atoms with E-state index in [0.29, 0.717) is 13.2 Å². The Morgan fingerprint density at radius 1 is 0.615 bits per heavy atom. The molecule has 0 amide bonds. The van der Waals surface area contributed by atoms with Crippen LogP contribution < -0.4 is 0 Å².